The van der Waals surface area contributed by atoms with Crippen molar-refractivity contribution in [3.05, 3.63) is 58.3 Å². The zero-order valence-corrected chi connectivity index (χ0v) is 12.8. The summed E-state index contributed by atoms with van der Waals surface area (Å²) in [5.41, 5.74) is 3.73. The van der Waals surface area contributed by atoms with E-state index in [-0.39, 0.29) is 0 Å². The van der Waals surface area contributed by atoms with Gasteiger partial charge in [-0.15, -0.1) is 10.2 Å². The lowest BCUT2D eigenvalue weighted by Gasteiger charge is -1.99. The molecular weight excluding hydrogens is 316 g/mol. The van der Waals surface area contributed by atoms with Crippen LogP contribution in [0.5, 0.6) is 0 Å². The molecule has 0 amide bonds. The molecule has 0 radical (unpaired) electrons. The number of halogens is 1. The quantitative estimate of drug-likeness (QED) is 0.601. The molecular formula is C15H13BrN4. The van der Waals surface area contributed by atoms with Gasteiger partial charge in [0, 0.05) is 10.7 Å². The van der Waals surface area contributed by atoms with Crippen LogP contribution < -0.4 is 0 Å². The number of aryl methyl sites for hydroxylation is 2. The molecule has 0 N–H and O–H groups in total. The Morgan fingerprint density at radius 1 is 1.10 bits per heavy atom. The fraction of sp³-hybridized carbons (Fsp3) is 0.133. The number of imidazole rings is 1. The lowest BCUT2D eigenvalue weighted by atomic mass is 10.2. The summed E-state index contributed by atoms with van der Waals surface area (Å²) in [5, 5.41) is 8.64. The summed E-state index contributed by atoms with van der Waals surface area (Å²) in [6, 6.07) is 11.8. The van der Waals surface area contributed by atoms with Gasteiger partial charge in [0.15, 0.2) is 5.82 Å². The number of rotatable bonds is 2. The molecule has 0 saturated carbocycles. The van der Waals surface area contributed by atoms with Crippen molar-refractivity contribution in [3.8, 4) is 0 Å². The third-order valence-corrected chi connectivity index (χ3v) is 3.94. The monoisotopic (exact) mass is 328 g/mol. The van der Waals surface area contributed by atoms with Gasteiger partial charge in [-0.2, -0.15) is 0 Å². The average Bonchev–Trinajstić information content (AvgIpc) is 2.76. The molecule has 0 aliphatic rings. The lowest BCUT2D eigenvalue weighted by Crippen LogP contribution is -1.81. The Hall–Kier alpha value is -2.01. The van der Waals surface area contributed by atoms with Gasteiger partial charge in [0.2, 0.25) is 0 Å². The van der Waals surface area contributed by atoms with E-state index >= 15 is 0 Å². The molecule has 3 aromatic rings. The number of pyridine rings is 1. The molecule has 3 rings (SSSR count). The Morgan fingerprint density at radius 3 is 2.75 bits per heavy atom. The number of benzene rings is 1. The van der Waals surface area contributed by atoms with Crippen LogP contribution in [0.4, 0.5) is 11.5 Å². The summed E-state index contributed by atoms with van der Waals surface area (Å²) < 4.78 is 2.96. The number of azo groups is 1. The molecule has 20 heavy (non-hydrogen) atoms. The second kappa shape index (κ2) is 5.17. The van der Waals surface area contributed by atoms with Crippen molar-refractivity contribution in [2.75, 3.05) is 0 Å². The van der Waals surface area contributed by atoms with Crippen molar-refractivity contribution >= 4 is 33.1 Å². The third-order valence-electron chi connectivity index (χ3n) is 3.09. The van der Waals surface area contributed by atoms with Gasteiger partial charge in [0.25, 0.3) is 0 Å². The largest absolute Gasteiger partial charge is 0.283 e. The van der Waals surface area contributed by atoms with Crippen molar-refractivity contribution in [1.82, 2.24) is 9.38 Å². The first-order valence-corrected chi connectivity index (χ1v) is 7.06. The minimum Gasteiger partial charge on any atom is -0.283 e. The number of aromatic nitrogens is 2. The van der Waals surface area contributed by atoms with E-state index in [1.165, 1.54) is 5.56 Å². The Morgan fingerprint density at radius 2 is 1.95 bits per heavy atom. The second-order valence-electron chi connectivity index (χ2n) is 4.58. The van der Waals surface area contributed by atoms with Crippen LogP contribution in [0.1, 0.15) is 11.3 Å². The number of nitrogens with zero attached hydrogens (tertiary/aromatic N) is 4. The summed E-state index contributed by atoms with van der Waals surface area (Å²) in [4.78, 5) is 4.46. The molecule has 0 unspecified atom stereocenters. The van der Waals surface area contributed by atoms with Crippen LogP contribution in [-0.2, 0) is 0 Å². The topological polar surface area (TPSA) is 42.0 Å². The molecule has 100 valence electrons. The SMILES string of the molecule is Cc1ccc(N=Nc2c(C)nc3ccccn23)cc1Br. The maximum absolute atomic E-state index is 4.46. The molecule has 0 fully saturated rings. The van der Waals surface area contributed by atoms with Gasteiger partial charge < -0.3 is 0 Å². The fourth-order valence-electron chi connectivity index (χ4n) is 1.97. The number of hydrogen-bond acceptors (Lipinski definition) is 3. The molecule has 0 saturated heterocycles. The molecule has 0 aliphatic carbocycles. The molecule has 1 aromatic carbocycles. The van der Waals surface area contributed by atoms with Gasteiger partial charge in [0.1, 0.15) is 5.65 Å². The molecule has 2 heterocycles. The molecule has 0 bridgehead atoms. The van der Waals surface area contributed by atoms with Gasteiger partial charge >= 0.3 is 0 Å². The second-order valence-corrected chi connectivity index (χ2v) is 5.44. The maximum Gasteiger partial charge on any atom is 0.182 e. The van der Waals surface area contributed by atoms with E-state index in [4.69, 9.17) is 0 Å². The van der Waals surface area contributed by atoms with Crippen molar-refractivity contribution in [1.29, 1.82) is 0 Å². The van der Waals surface area contributed by atoms with E-state index in [0.29, 0.717) is 0 Å². The van der Waals surface area contributed by atoms with Gasteiger partial charge in [-0.3, -0.25) is 4.40 Å². The lowest BCUT2D eigenvalue weighted by molar-refractivity contribution is 1.09. The maximum atomic E-state index is 4.46. The van der Waals surface area contributed by atoms with Crippen LogP contribution in [0.2, 0.25) is 0 Å². The van der Waals surface area contributed by atoms with Crippen LogP contribution in [0.15, 0.2) is 57.3 Å². The van der Waals surface area contributed by atoms with Crippen LogP contribution in [0, 0.1) is 13.8 Å². The predicted molar refractivity (Wildman–Crippen MR) is 83.0 cm³/mol. The molecule has 0 atom stereocenters. The van der Waals surface area contributed by atoms with E-state index in [2.05, 4.69) is 31.1 Å². The summed E-state index contributed by atoms with van der Waals surface area (Å²) in [7, 11) is 0. The van der Waals surface area contributed by atoms with Crippen LogP contribution in [0.3, 0.4) is 0 Å². The van der Waals surface area contributed by atoms with Gasteiger partial charge in [-0.05, 0) is 43.7 Å². The predicted octanol–water partition coefficient (Wildman–Crippen LogP) is 5.13. The van der Waals surface area contributed by atoms with Crippen molar-refractivity contribution < 1.29 is 0 Å². The summed E-state index contributed by atoms with van der Waals surface area (Å²) in [5.74, 6) is 0.761. The third kappa shape index (κ3) is 2.36. The molecule has 0 aliphatic heterocycles. The van der Waals surface area contributed by atoms with Crippen molar-refractivity contribution in [3.63, 3.8) is 0 Å². The Balaban J connectivity index is 2.02. The zero-order valence-electron chi connectivity index (χ0n) is 11.2. The smallest absolute Gasteiger partial charge is 0.182 e. The highest BCUT2D eigenvalue weighted by molar-refractivity contribution is 9.10. The Labute approximate surface area is 125 Å². The first-order chi connectivity index (χ1) is 9.65. The molecule has 5 heteroatoms. The molecule has 4 nitrogen and oxygen atoms in total. The van der Waals surface area contributed by atoms with Gasteiger partial charge in [-0.25, -0.2) is 4.98 Å². The van der Waals surface area contributed by atoms with E-state index in [0.717, 1.165) is 27.3 Å². The van der Waals surface area contributed by atoms with E-state index < -0.39 is 0 Å². The van der Waals surface area contributed by atoms with Gasteiger partial charge in [0.05, 0.1) is 11.4 Å². The van der Waals surface area contributed by atoms with Crippen LogP contribution in [-0.4, -0.2) is 9.38 Å². The first-order valence-electron chi connectivity index (χ1n) is 6.27. The average molecular weight is 329 g/mol. The van der Waals surface area contributed by atoms with Crippen LogP contribution >= 0.6 is 15.9 Å². The summed E-state index contributed by atoms with van der Waals surface area (Å²) in [6.45, 7) is 3.98. The molecule has 2 aromatic heterocycles. The van der Waals surface area contributed by atoms with E-state index in [9.17, 15) is 0 Å². The van der Waals surface area contributed by atoms with Gasteiger partial charge in [-0.1, -0.05) is 28.1 Å². The highest BCUT2D eigenvalue weighted by atomic mass is 79.9. The highest BCUT2D eigenvalue weighted by Crippen LogP contribution is 2.26. The van der Waals surface area contributed by atoms with E-state index in [1.54, 1.807) is 0 Å². The number of hydrogen-bond donors (Lipinski definition) is 0. The van der Waals surface area contributed by atoms with E-state index in [1.807, 2.05) is 60.8 Å². The standard InChI is InChI=1S/C15H13BrN4/c1-10-6-7-12(9-13(10)16)18-19-15-11(2)17-14-5-3-4-8-20(14)15/h3-9H,1-2H3. The minimum atomic E-state index is 0.761. The highest BCUT2D eigenvalue weighted by Gasteiger charge is 2.06. The first kappa shape index (κ1) is 13.0. The Bertz CT molecular complexity index is 805. The van der Waals surface area contributed by atoms with Crippen molar-refractivity contribution in [2.24, 2.45) is 10.2 Å². The normalized spacial score (nSPS) is 11.6. The summed E-state index contributed by atoms with van der Waals surface area (Å²) >= 11 is 3.50. The van der Waals surface area contributed by atoms with Crippen LogP contribution in [0.25, 0.3) is 5.65 Å². The number of fused-ring (bicyclic) bond motifs is 1. The minimum absolute atomic E-state index is 0.761. The summed E-state index contributed by atoms with van der Waals surface area (Å²) in [6.07, 6.45) is 1.94. The van der Waals surface area contributed by atoms with Crippen molar-refractivity contribution in [2.45, 2.75) is 13.8 Å². The fourth-order valence-corrected chi connectivity index (χ4v) is 2.34. The molecule has 0 spiro atoms. The Kier molecular flexibility index (Phi) is 3.36. The zero-order chi connectivity index (χ0) is 14.1.